The maximum atomic E-state index is 11.5. The number of carbonyl (C=O) groups excluding carboxylic acids is 2. The smallest absolute Gasteiger partial charge is 0.328 e. The van der Waals surface area contributed by atoms with Crippen LogP contribution in [0, 0.1) is 5.92 Å². The molecular formula is C11H19NO3. The van der Waals surface area contributed by atoms with Crippen LogP contribution in [0.3, 0.4) is 0 Å². The van der Waals surface area contributed by atoms with E-state index in [-0.39, 0.29) is 17.8 Å². The summed E-state index contributed by atoms with van der Waals surface area (Å²) in [6.45, 7) is 7.06. The molecule has 0 aromatic rings. The lowest BCUT2D eigenvalue weighted by Gasteiger charge is -2.22. The fraction of sp³-hybridized carbons (Fsp3) is 0.818. The van der Waals surface area contributed by atoms with Crippen LogP contribution in [0.25, 0.3) is 0 Å². The third kappa shape index (κ3) is 4.32. The normalized spacial score (nSPS) is 18.1. The molecule has 1 rings (SSSR count). The van der Waals surface area contributed by atoms with E-state index in [2.05, 4.69) is 5.32 Å². The zero-order valence-corrected chi connectivity index (χ0v) is 9.79. The monoisotopic (exact) mass is 213 g/mol. The molecule has 0 heterocycles. The van der Waals surface area contributed by atoms with Crippen LogP contribution in [0.2, 0.25) is 0 Å². The lowest BCUT2D eigenvalue weighted by Crippen LogP contribution is -2.42. The van der Waals surface area contributed by atoms with Gasteiger partial charge in [-0.2, -0.15) is 0 Å². The molecule has 1 aliphatic carbocycles. The molecule has 0 aliphatic heterocycles. The molecule has 0 bridgehead atoms. The van der Waals surface area contributed by atoms with Crippen LogP contribution in [0.15, 0.2) is 0 Å². The SMILES string of the molecule is C[C@H](NC(=O)C1CC1)C(=O)OC(C)(C)C. The second-order valence-corrected chi connectivity index (χ2v) is 5.04. The van der Waals surface area contributed by atoms with Gasteiger partial charge in [-0.1, -0.05) is 0 Å². The van der Waals surface area contributed by atoms with E-state index in [0.717, 1.165) is 12.8 Å². The van der Waals surface area contributed by atoms with Crippen molar-refractivity contribution in [2.45, 2.75) is 52.2 Å². The van der Waals surface area contributed by atoms with Gasteiger partial charge >= 0.3 is 5.97 Å². The summed E-state index contributed by atoms with van der Waals surface area (Å²) in [4.78, 5) is 22.9. The first-order valence-electron chi connectivity index (χ1n) is 5.33. The number of hydrogen-bond donors (Lipinski definition) is 1. The summed E-state index contributed by atoms with van der Waals surface area (Å²) < 4.78 is 5.15. The Bertz CT molecular complexity index is 263. The van der Waals surface area contributed by atoms with E-state index < -0.39 is 11.6 Å². The highest BCUT2D eigenvalue weighted by molar-refractivity contribution is 5.86. The van der Waals surface area contributed by atoms with Crippen LogP contribution in [0.4, 0.5) is 0 Å². The molecular weight excluding hydrogens is 194 g/mol. The highest BCUT2D eigenvalue weighted by Gasteiger charge is 2.32. The average molecular weight is 213 g/mol. The van der Waals surface area contributed by atoms with Crippen molar-refractivity contribution in [3.8, 4) is 0 Å². The number of carbonyl (C=O) groups is 2. The van der Waals surface area contributed by atoms with Crippen LogP contribution >= 0.6 is 0 Å². The van der Waals surface area contributed by atoms with Gasteiger partial charge in [-0.25, -0.2) is 4.79 Å². The molecule has 0 radical (unpaired) electrons. The first-order valence-corrected chi connectivity index (χ1v) is 5.33. The second-order valence-electron chi connectivity index (χ2n) is 5.04. The number of nitrogens with one attached hydrogen (secondary N) is 1. The fourth-order valence-corrected chi connectivity index (χ4v) is 1.13. The van der Waals surface area contributed by atoms with Crippen LogP contribution in [0.1, 0.15) is 40.5 Å². The Morgan fingerprint density at radius 2 is 1.87 bits per heavy atom. The van der Waals surface area contributed by atoms with Gasteiger partial charge < -0.3 is 10.1 Å². The van der Waals surface area contributed by atoms with Crippen LogP contribution < -0.4 is 5.32 Å². The Hall–Kier alpha value is -1.06. The van der Waals surface area contributed by atoms with E-state index in [4.69, 9.17) is 4.74 Å². The van der Waals surface area contributed by atoms with E-state index in [1.54, 1.807) is 27.7 Å². The Balaban J connectivity index is 2.35. The molecule has 0 aromatic heterocycles. The Morgan fingerprint density at radius 3 is 2.27 bits per heavy atom. The summed E-state index contributed by atoms with van der Waals surface area (Å²) in [5.74, 6) is -0.292. The maximum absolute atomic E-state index is 11.5. The summed E-state index contributed by atoms with van der Waals surface area (Å²) >= 11 is 0. The molecule has 1 N–H and O–H groups in total. The molecule has 1 amide bonds. The highest BCUT2D eigenvalue weighted by Crippen LogP contribution is 2.28. The Labute approximate surface area is 90.4 Å². The quantitative estimate of drug-likeness (QED) is 0.718. The van der Waals surface area contributed by atoms with Gasteiger partial charge in [-0.15, -0.1) is 0 Å². The van der Waals surface area contributed by atoms with Crippen molar-refractivity contribution in [1.82, 2.24) is 5.32 Å². The van der Waals surface area contributed by atoms with E-state index in [1.807, 2.05) is 0 Å². The first kappa shape index (κ1) is 12.0. The lowest BCUT2D eigenvalue weighted by molar-refractivity contribution is -0.158. The zero-order valence-electron chi connectivity index (χ0n) is 9.79. The van der Waals surface area contributed by atoms with E-state index in [0.29, 0.717) is 0 Å². The van der Waals surface area contributed by atoms with Crippen molar-refractivity contribution in [3.63, 3.8) is 0 Å². The van der Waals surface area contributed by atoms with Crippen LogP contribution in [-0.2, 0) is 14.3 Å². The maximum Gasteiger partial charge on any atom is 0.328 e. The minimum absolute atomic E-state index is 0.0339. The van der Waals surface area contributed by atoms with Crippen molar-refractivity contribution in [2.24, 2.45) is 5.92 Å². The van der Waals surface area contributed by atoms with Gasteiger partial charge in [0.2, 0.25) is 5.91 Å². The lowest BCUT2D eigenvalue weighted by atomic mass is 10.2. The van der Waals surface area contributed by atoms with Gasteiger partial charge in [0.25, 0.3) is 0 Å². The molecule has 15 heavy (non-hydrogen) atoms. The standard InChI is InChI=1S/C11H19NO3/c1-7(10(14)15-11(2,3)4)12-9(13)8-5-6-8/h7-8H,5-6H2,1-4H3,(H,12,13)/t7-/m0/s1. The predicted molar refractivity (Wildman–Crippen MR) is 56.2 cm³/mol. The number of rotatable bonds is 3. The van der Waals surface area contributed by atoms with Crippen molar-refractivity contribution >= 4 is 11.9 Å². The van der Waals surface area contributed by atoms with Gasteiger partial charge in [0, 0.05) is 5.92 Å². The average Bonchev–Trinajstić information content (AvgIpc) is 2.82. The number of ether oxygens (including phenoxy) is 1. The molecule has 1 saturated carbocycles. The summed E-state index contributed by atoms with van der Waals surface area (Å²) in [7, 11) is 0. The second kappa shape index (κ2) is 4.21. The van der Waals surface area contributed by atoms with Crippen LogP contribution in [-0.4, -0.2) is 23.5 Å². The van der Waals surface area contributed by atoms with Crippen molar-refractivity contribution < 1.29 is 14.3 Å². The van der Waals surface area contributed by atoms with Gasteiger partial charge in [-0.05, 0) is 40.5 Å². The molecule has 1 fully saturated rings. The third-order valence-electron chi connectivity index (χ3n) is 2.07. The predicted octanol–water partition coefficient (Wildman–Crippen LogP) is 1.24. The zero-order chi connectivity index (χ0) is 11.6. The van der Waals surface area contributed by atoms with Crippen molar-refractivity contribution in [2.75, 3.05) is 0 Å². The topological polar surface area (TPSA) is 55.4 Å². The summed E-state index contributed by atoms with van der Waals surface area (Å²) in [5, 5.41) is 2.65. The number of amides is 1. The van der Waals surface area contributed by atoms with Gasteiger partial charge in [0.05, 0.1) is 0 Å². The van der Waals surface area contributed by atoms with E-state index in [1.165, 1.54) is 0 Å². The largest absolute Gasteiger partial charge is 0.458 e. The molecule has 0 saturated heterocycles. The first-order chi connectivity index (χ1) is 6.79. The highest BCUT2D eigenvalue weighted by atomic mass is 16.6. The number of hydrogen-bond acceptors (Lipinski definition) is 3. The summed E-state index contributed by atoms with van der Waals surface area (Å²) in [6.07, 6.45) is 1.87. The molecule has 0 aromatic carbocycles. The minimum atomic E-state index is -0.558. The van der Waals surface area contributed by atoms with Crippen molar-refractivity contribution in [1.29, 1.82) is 0 Å². The van der Waals surface area contributed by atoms with E-state index in [9.17, 15) is 9.59 Å². The molecule has 86 valence electrons. The third-order valence-corrected chi connectivity index (χ3v) is 2.07. The number of esters is 1. The summed E-state index contributed by atoms with van der Waals surface area (Å²) in [6, 6.07) is -0.558. The van der Waals surface area contributed by atoms with Gasteiger partial charge in [-0.3, -0.25) is 4.79 Å². The Kier molecular flexibility index (Phi) is 3.37. The molecule has 4 heteroatoms. The van der Waals surface area contributed by atoms with Gasteiger partial charge in [0.15, 0.2) is 0 Å². The van der Waals surface area contributed by atoms with E-state index >= 15 is 0 Å². The Morgan fingerprint density at radius 1 is 1.33 bits per heavy atom. The fourth-order valence-electron chi connectivity index (χ4n) is 1.13. The molecule has 0 unspecified atom stereocenters. The molecule has 1 aliphatic rings. The molecule has 1 atom stereocenters. The van der Waals surface area contributed by atoms with Gasteiger partial charge in [0.1, 0.15) is 11.6 Å². The van der Waals surface area contributed by atoms with Crippen LogP contribution in [0.5, 0.6) is 0 Å². The van der Waals surface area contributed by atoms with Crippen molar-refractivity contribution in [3.05, 3.63) is 0 Å². The molecule has 4 nitrogen and oxygen atoms in total. The minimum Gasteiger partial charge on any atom is -0.458 e. The summed E-state index contributed by atoms with van der Waals surface area (Å²) in [5.41, 5.74) is -0.504. The molecule has 0 spiro atoms.